The summed E-state index contributed by atoms with van der Waals surface area (Å²) in [4.78, 5) is 33.5. The Labute approximate surface area is 190 Å². The Morgan fingerprint density at radius 1 is 1.31 bits per heavy atom. The summed E-state index contributed by atoms with van der Waals surface area (Å²) in [6.07, 6.45) is 4.53. The first kappa shape index (κ1) is 22.3. The Morgan fingerprint density at radius 3 is 2.88 bits per heavy atom. The first-order valence-electron chi connectivity index (χ1n) is 10.8. The molecule has 1 unspecified atom stereocenters. The van der Waals surface area contributed by atoms with Gasteiger partial charge in [-0.2, -0.15) is 0 Å². The van der Waals surface area contributed by atoms with Crippen LogP contribution in [0.3, 0.4) is 0 Å². The number of aliphatic carboxylic acids is 1. The summed E-state index contributed by atoms with van der Waals surface area (Å²) in [6.45, 7) is 4.99. The average molecular weight is 457 g/mol. The molecule has 170 valence electrons. The van der Waals surface area contributed by atoms with Crippen LogP contribution in [-0.2, 0) is 33.7 Å². The Hall–Kier alpha value is -2.91. The summed E-state index contributed by atoms with van der Waals surface area (Å²) in [5.41, 5.74) is 3.37. The number of carboxylic acid groups (broad SMARTS) is 1. The number of aryl methyl sites for hydroxylation is 1. The monoisotopic (exact) mass is 456 g/mol. The lowest BCUT2D eigenvalue weighted by Gasteiger charge is -2.26. The number of thiazole rings is 1. The van der Waals surface area contributed by atoms with Crippen molar-refractivity contribution < 1.29 is 19.4 Å². The highest BCUT2D eigenvalue weighted by molar-refractivity contribution is 7.15. The summed E-state index contributed by atoms with van der Waals surface area (Å²) < 4.78 is 5.44. The Morgan fingerprint density at radius 2 is 2.09 bits per heavy atom. The second-order valence-corrected chi connectivity index (χ2v) is 9.06. The summed E-state index contributed by atoms with van der Waals surface area (Å²) in [5, 5.41) is 12.8. The molecule has 0 radical (unpaired) electrons. The molecule has 2 aromatic heterocycles. The van der Waals surface area contributed by atoms with Gasteiger partial charge < -0.3 is 25.0 Å². The number of ether oxygens (including phenoxy) is 1. The average Bonchev–Trinajstić information content (AvgIpc) is 3.44. The molecule has 32 heavy (non-hydrogen) atoms. The maximum atomic E-state index is 12.8. The lowest BCUT2D eigenvalue weighted by molar-refractivity contribution is -0.134. The Balaban J connectivity index is 0.000000567. The number of fused-ring (bicyclic) bond motifs is 2. The molecule has 0 bridgehead atoms. The molecule has 2 aliphatic rings. The van der Waals surface area contributed by atoms with Gasteiger partial charge in [0, 0.05) is 60.9 Å². The molecular formula is C23H28N4O4S. The van der Waals surface area contributed by atoms with E-state index in [9.17, 15) is 4.79 Å². The van der Waals surface area contributed by atoms with Crippen molar-refractivity contribution in [1.29, 1.82) is 0 Å². The number of anilines is 1. The number of rotatable bonds is 4. The second kappa shape index (κ2) is 10.1. The third-order valence-electron chi connectivity index (χ3n) is 5.72. The predicted octanol–water partition coefficient (Wildman–Crippen LogP) is 2.97. The molecule has 1 fully saturated rings. The highest BCUT2D eigenvalue weighted by Gasteiger charge is 2.28. The lowest BCUT2D eigenvalue weighted by Crippen LogP contribution is -2.36. The number of aromatic amines is 1. The van der Waals surface area contributed by atoms with E-state index >= 15 is 0 Å². The first-order valence-corrected chi connectivity index (χ1v) is 11.7. The number of hydrogen-bond donors (Lipinski definition) is 3. The van der Waals surface area contributed by atoms with E-state index in [1.807, 2.05) is 12.3 Å². The number of amides is 1. The molecule has 8 nitrogen and oxygen atoms in total. The third-order valence-corrected chi connectivity index (χ3v) is 6.94. The van der Waals surface area contributed by atoms with Crippen molar-refractivity contribution in [3.05, 3.63) is 46.6 Å². The molecule has 5 rings (SSSR count). The molecule has 3 N–H and O–H groups in total. The van der Waals surface area contributed by atoms with Crippen molar-refractivity contribution >= 4 is 39.2 Å². The van der Waals surface area contributed by atoms with Crippen LogP contribution in [0.4, 0.5) is 5.13 Å². The Bertz CT molecular complexity index is 1080. The van der Waals surface area contributed by atoms with Crippen LogP contribution in [0.2, 0.25) is 0 Å². The molecule has 1 atom stereocenters. The fraction of sp³-hybridized carbons (Fsp3) is 0.435. The van der Waals surface area contributed by atoms with Gasteiger partial charge in [-0.1, -0.05) is 12.1 Å². The van der Waals surface area contributed by atoms with E-state index < -0.39 is 5.97 Å². The fourth-order valence-corrected chi connectivity index (χ4v) is 5.26. The van der Waals surface area contributed by atoms with E-state index in [-0.39, 0.29) is 11.8 Å². The van der Waals surface area contributed by atoms with Gasteiger partial charge in [-0.25, -0.2) is 4.98 Å². The number of carbonyl (C=O) groups excluding carboxylic acids is 1. The number of carboxylic acids is 1. The SMILES string of the molecule is CC(=O)O.O=C(NCc1cccc2[nH]ccc12)C1CCc2sc(N3CCOCC3)nc2C1. The molecule has 3 heterocycles. The van der Waals surface area contributed by atoms with Gasteiger partial charge in [0.05, 0.1) is 18.9 Å². The lowest BCUT2D eigenvalue weighted by atomic mass is 9.90. The Kier molecular flexibility index (Phi) is 7.06. The highest BCUT2D eigenvalue weighted by Crippen LogP contribution is 2.34. The number of H-pyrrole nitrogens is 1. The van der Waals surface area contributed by atoms with E-state index in [0.29, 0.717) is 6.54 Å². The minimum absolute atomic E-state index is 0.0116. The molecule has 0 spiro atoms. The van der Waals surface area contributed by atoms with Gasteiger partial charge in [-0.15, -0.1) is 11.3 Å². The van der Waals surface area contributed by atoms with Crippen molar-refractivity contribution in [3.8, 4) is 0 Å². The summed E-state index contributed by atoms with van der Waals surface area (Å²) in [7, 11) is 0. The molecule has 1 aliphatic heterocycles. The highest BCUT2D eigenvalue weighted by atomic mass is 32.1. The van der Waals surface area contributed by atoms with Crippen LogP contribution in [0.1, 0.15) is 29.5 Å². The maximum Gasteiger partial charge on any atom is 0.300 e. The summed E-state index contributed by atoms with van der Waals surface area (Å²) >= 11 is 1.79. The van der Waals surface area contributed by atoms with E-state index in [4.69, 9.17) is 19.6 Å². The molecule has 1 saturated heterocycles. The van der Waals surface area contributed by atoms with Gasteiger partial charge in [-0.05, 0) is 30.5 Å². The molecule has 3 aromatic rings. The number of morpholine rings is 1. The number of nitrogens with zero attached hydrogens (tertiary/aromatic N) is 2. The molecule has 0 saturated carbocycles. The number of hydrogen-bond acceptors (Lipinski definition) is 6. The number of aromatic nitrogens is 2. The zero-order chi connectivity index (χ0) is 22.5. The predicted molar refractivity (Wildman–Crippen MR) is 124 cm³/mol. The largest absolute Gasteiger partial charge is 0.481 e. The molecular weight excluding hydrogens is 428 g/mol. The minimum atomic E-state index is -0.833. The standard InChI is InChI=1S/C21H24N4O2S.C2H4O2/c26-20(23-13-15-2-1-3-17-16(15)6-7-22-17)14-4-5-19-18(12-14)24-21(28-19)25-8-10-27-11-9-25;1-2(3)4/h1-3,6-7,14,22H,4-5,8-13H2,(H,23,26);1H3,(H,3,4). The quantitative estimate of drug-likeness (QED) is 0.557. The van der Waals surface area contributed by atoms with Gasteiger partial charge in [0.15, 0.2) is 5.13 Å². The van der Waals surface area contributed by atoms with E-state index in [1.54, 1.807) is 11.3 Å². The number of carbonyl (C=O) groups is 2. The summed E-state index contributed by atoms with van der Waals surface area (Å²) in [6, 6.07) is 8.21. The maximum absolute atomic E-state index is 12.8. The van der Waals surface area contributed by atoms with Crippen LogP contribution < -0.4 is 10.2 Å². The van der Waals surface area contributed by atoms with Crippen LogP contribution in [0.25, 0.3) is 10.9 Å². The summed E-state index contributed by atoms with van der Waals surface area (Å²) in [5.74, 6) is -0.684. The van der Waals surface area contributed by atoms with Crippen LogP contribution in [0, 0.1) is 5.92 Å². The van der Waals surface area contributed by atoms with Gasteiger partial charge in [0.2, 0.25) is 5.91 Å². The number of nitrogens with one attached hydrogen (secondary N) is 2. The van der Waals surface area contributed by atoms with Crippen LogP contribution in [-0.4, -0.2) is 53.3 Å². The molecule has 1 aliphatic carbocycles. The normalized spacial score (nSPS) is 17.9. The first-order chi connectivity index (χ1) is 15.5. The van der Waals surface area contributed by atoms with E-state index in [1.165, 1.54) is 10.3 Å². The van der Waals surface area contributed by atoms with Crippen molar-refractivity contribution in [3.63, 3.8) is 0 Å². The van der Waals surface area contributed by atoms with Gasteiger partial charge in [0.25, 0.3) is 5.97 Å². The topological polar surface area (TPSA) is 108 Å². The van der Waals surface area contributed by atoms with E-state index in [0.717, 1.165) is 74.4 Å². The van der Waals surface area contributed by atoms with Crippen molar-refractivity contribution in [2.45, 2.75) is 32.7 Å². The van der Waals surface area contributed by atoms with Gasteiger partial charge in [-0.3, -0.25) is 9.59 Å². The number of benzene rings is 1. The van der Waals surface area contributed by atoms with Gasteiger partial charge in [0.1, 0.15) is 0 Å². The van der Waals surface area contributed by atoms with Crippen molar-refractivity contribution in [2.24, 2.45) is 5.92 Å². The van der Waals surface area contributed by atoms with Crippen LogP contribution in [0.15, 0.2) is 30.5 Å². The second-order valence-electron chi connectivity index (χ2n) is 8.00. The fourth-order valence-electron chi connectivity index (χ4n) is 4.11. The third kappa shape index (κ3) is 5.28. The minimum Gasteiger partial charge on any atom is -0.481 e. The van der Waals surface area contributed by atoms with Crippen molar-refractivity contribution in [1.82, 2.24) is 15.3 Å². The molecule has 9 heteroatoms. The molecule has 1 amide bonds. The zero-order valence-corrected chi connectivity index (χ0v) is 18.9. The molecule has 1 aromatic carbocycles. The van der Waals surface area contributed by atoms with Crippen LogP contribution >= 0.6 is 11.3 Å². The van der Waals surface area contributed by atoms with E-state index in [2.05, 4.69) is 33.4 Å². The van der Waals surface area contributed by atoms with Crippen molar-refractivity contribution in [2.75, 3.05) is 31.2 Å². The smallest absolute Gasteiger partial charge is 0.300 e. The zero-order valence-electron chi connectivity index (χ0n) is 18.1. The van der Waals surface area contributed by atoms with Gasteiger partial charge >= 0.3 is 0 Å². The van der Waals surface area contributed by atoms with Crippen LogP contribution in [0.5, 0.6) is 0 Å².